The largest absolute Gasteiger partial charge is 0.508 e. The number of fused-ring (bicyclic) bond motifs is 2. The number of anilines is 1. The van der Waals surface area contributed by atoms with Gasteiger partial charge in [-0.15, -0.1) is 11.3 Å². The minimum absolute atomic E-state index is 0.0432. The minimum atomic E-state index is -0.535. The van der Waals surface area contributed by atoms with Gasteiger partial charge in [-0.1, -0.05) is 12.1 Å². The van der Waals surface area contributed by atoms with Crippen LogP contribution in [0.3, 0.4) is 0 Å². The van der Waals surface area contributed by atoms with E-state index >= 15 is 0 Å². The number of halogens is 1. The van der Waals surface area contributed by atoms with Crippen molar-refractivity contribution in [3.05, 3.63) is 93.7 Å². The van der Waals surface area contributed by atoms with E-state index in [4.69, 9.17) is 15.8 Å². The highest BCUT2D eigenvalue weighted by Gasteiger charge is 2.21. The smallest absolute Gasteiger partial charge is 0.267 e. The van der Waals surface area contributed by atoms with Crippen LogP contribution in [0.1, 0.15) is 11.4 Å². The fourth-order valence-corrected chi connectivity index (χ4v) is 5.27. The lowest BCUT2D eigenvalue weighted by Crippen LogP contribution is -2.26. The maximum absolute atomic E-state index is 14.9. The number of aryl methyl sites for hydroxylation is 1. The Labute approximate surface area is 207 Å². The lowest BCUT2D eigenvalue weighted by atomic mass is 10.1. The van der Waals surface area contributed by atoms with Crippen molar-refractivity contribution in [1.29, 1.82) is 0 Å². The Hall–Kier alpha value is -4.57. The lowest BCUT2D eigenvalue weighted by Gasteiger charge is -2.14. The molecule has 36 heavy (non-hydrogen) atoms. The fourth-order valence-electron chi connectivity index (χ4n) is 4.34. The van der Waals surface area contributed by atoms with Gasteiger partial charge in [0, 0.05) is 17.4 Å². The van der Waals surface area contributed by atoms with Crippen molar-refractivity contribution in [3.63, 3.8) is 0 Å². The average Bonchev–Trinajstić information content (AvgIpc) is 3.42. The van der Waals surface area contributed by atoms with Crippen LogP contribution >= 0.6 is 11.3 Å². The number of pyridine rings is 1. The Morgan fingerprint density at radius 1 is 1.08 bits per heavy atom. The molecule has 8 nitrogen and oxygen atoms in total. The Bertz CT molecular complexity index is 1840. The van der Waals surface area contributed by atoms with Gasteiger partial charge in [-0.25, -0.2) is 19.0 Å². The highest BCUT2D eigenvalue weighted by Crippen LogP contribution is 2.32. The van der Waals surface area contributed by atoms with Crippen molar-refractivity contribution in [2.24, 2.45) is 0 Å². The summed E-state index contributed by atoms with van der Waals surface area (Å²) in [6, 6.07) is 14.4. The number of benzene rings is 2. The van der Waals surface area contributed by atoms with Gasteiger partial charge in [0.25, 0.3) is 5.56 Å². The van der Waals surface area contributed by atoms with Crippen LogP contribution in [0.15, 0.2) is 71.0 Å². The second kappa shape index (κ2) is 8.28. The highest BCUT2D eigenvalue weighted by molar-refractivity contribution is 7.16. The van der Waals surface area contributed by atoms with Crippen LogP contribution in [-0.2, 0) is 6.54 Å². The Morgan fingerprint density at radius 2 is 1.86 bits per heavy atom. The molecule has 10 heteroatoms. The summed E-state index contributed by atoms with van der Waals surface area (Å²) >= 11 is 1.36. The normalized spacial score (nSPS) is 11.5. The average molecular weight is 499 g/mol. The first-order chi connectivity index (χ1) is 17.4. The van der Waals surface area contributed by atoms with E-state index in [-0.39, 0.29) is 23.5 Å². The molecular weight excluding hydrogens is 479 g/mol. The number of nitrogens with two attached hydrogens (primary N) is 1. The monoisotopic (exact) mass is 498 g/mol. The molecule has 4 aromatic heterocycles. The summed E-state index contributed by atoms with van der Waals surface area (Å²) < 4.78 is 17.8. The number of phenols is 1. The van der Waals surface area contributed by atoms with Crippen molar-refractivity contribution in [1.82, 2.24) is 24.3 Å². The van der Waals surface area contributed by atoms with E-state index in [2.05, 4.69) is 4.98 Å². The molecule has 0 aliphatic rings. The molecule has 2 aromatic carbocycles. The number of nitrogen functional groups attached to an aromatic ring is 1. The molecule has 0 bridgehead atoms. The van der Waals surface area contributed by atoms with Gasteiger partial charge in [0.1, 0.15) is 34.5 Å². The number of nitrogens with zero attached hydrogens (tertiary/aromatic N) is 5. The molecule has 0 saturated heterocycles. The number of thiophene rings is 1. The molecule has 0 amide bonds. The lowest BCUT2D eigenvalue weighted by molar-refractivity contribution is 0.475. The van der Waals surface area contributed by atoms with Gasteiger partial charge in [-0.2, -0.15) is 5.10 Å². The predicted molar refractivity (Wildman–Crippen MR) is 138 cm³/mol. The number of aromatic hydroxyl groups is 1. The van der Waals surface area contributed by atoms with Crippen molar-refractivity contribution >= 4 is 38.3 Å². The van der Waals surface area contributed by atoms with E-state index in [1.807, 2.05) is 12.3 Å². The predicted octanol–water partition coefficient (Wildman–Crippen LogP) is 4.64. The molecule has 4 heterocycles. The van der Waals surface area contributed by atoms with Crippen molar-refractivity contribution in [3.8, 4) is 22.7 Å². The Balaban J connectivity index is 1.61. The van der Waals surface area contributed by atoms with Crippen molar-refractivity contribution in [2.45, 2.75) is 13.5 Å². The summed E-state index contributed by atoms with van der Waals surface area (Å²) in [6.45, 7) is 1.88. The van der Waals surface area contributed by atoms with Crippen LogP contribution in [0, 0.1) is 12.7 Å². The summed E-state index contributed by atoms with van der Waals surface area (Å²) in [7, 11) is 0. The van der Waals surface area contributed by atoms with Crippen LogP contribution in [-0.4, -0.2) is 29.4 Å². The number of para-hydroxylation sites is 1. The number of hydrogen-bond donors (Lipinski definition) is 2. The molecule has 0 fully saturated rings. The van der Waals surface area contributed by atoms with E-state index in [0.717, 1.165) is 11.1 Å². The van der Waals surface area contributed by atoms with E-state index in [0.29, 0.717) is 38.5 Å². The Morgan fingerprint density at radius 3 is 2.64 bits per heavy atom. The SMILES string of the molecule is Cc1csc2nc(Cn3nc(-c4ccc(O)cc4)c4c(N)ccnc43)n(-c3ccccc3F)c(=O)c12. The first-order valence-electron chi connectivity index (χ1n) is 11.1. The van der Waals surface area contributed by atoms with Gasteiger partial charge in [0.2, 0.25) is 0 Å². The molecule has 6 aromatic rings. The fraction of sp³-hybridized carbons (Fsp3) is 0.0769. The van der Waals surface area contributed by atoms with Crippen molar-refractivity contribution in [2.75, 3.05) is 5.73 Å². The van der Waals surface area contributed by atoms with Crippen molar-refractivity contribution < 1.29 is 9.50 Å². The third-order valence-electron chi connectivity index (χ3n) is 6.05. The third-order valence-corrected chi connectivity index (χ3v) is 7.04. The van der Waals surface area contributed by atoms with E-state index in [9.17, 15) is 14.3 Å². The summed E-state index contributed by atoms with van der Waals surface area (Å²) in [5.41, 5.74) is 9.16. The third kappa shape index (κ3) is 3.42. The second-order valence-corrected chi connectivity index (χ2v) is 9.23. The maximum Gasteiger partial charge on any atom is 0.267 e. The highest BCUT2D eigenvalue weighted by atomic mass is 32.1. The summed E-state index contributed by atoms with van der Waals surface area (Å²) in [4.78, 5) is 23.4. The standard InChI is InChI=1S/C26H19FN6O2S/c1-14-13-36-25-21(14)26(35)33(19-5-3-2-4-17(19)27)20(30-25)12-32-24-22(18(28)10-11-29-24)23(31-32)15-6-8-16(34)9-7-15/h2-11,13,34H,12H2,1H3,(H2,28,29). The van der Waals surface area contributed by atoms with Crippen LogP contribution in [0.2, 0.25) is 0 Å². The van der Waals surface area contributed by atoms with Crippen LogP contribution in [0.4, 0.5) is 10.1 Å². The number of rotatable bonds is 4. The minimum Gasteiger partial charge on any atom is -0.508 e. The van der Waals surface area contributed by atoms with E-state index < -0.39 is 5.82 Å². The van der Waals surface area contributed by atoms with Crippen LogP contribution < -0.4 is 11.3 Å². The zero-order valence-corrected chi connectivity index (χ0v) is 19.8. The topological polar surface area (TPSA) is 112 Å². The van der Waals surface area contributed by atoms with Gasteiger partial charge >= 0.3 is 0 Å². The van der Waals surface area contributed by atoms with Gasteiger partial charge < -0.3 is 10.8 Å². The number of aromatic nitrogens is 5. The Kier molecular flexibility index (Phi) is 5.04. The zero-order valence-electron chi connectivity index (χ0n) is 19.0. The second-order valence-electron chi connectivity index (χ2n) is 8.37. The summed E-state index contributed by atoms with van der Waals surface area (Å²) in [6.07, 6.45) is 1.58. The first kappa shape index (κ1) is 21.9. The summed E-state index contributed by atoms with van der Waals surface area (Å²) in [5, 5.41) is 17.4. The quantitative estimate of drug-likeness (QED) is 0.366. The molecule has 3 N–H and O–H groups in total. The van der Waals surface area contributed by atoms with E-state index in [1.165, 1.54) is 22.0 Å². The molecule has 178 valence electrons. The molecule has 0 aliphatic carbocycles. The molecule has 0 aliphatic heterocycles. The molecule has 0 radical (unpaired) electrons. The van der Waals surface area contributed by atoms with Crippen LogP contribution in [0.25, 0.3) is 38.2 Å². The van der Waals surface area contributed by atoms with E-state index in [1.54, 1.807) is 59.4 Å². The first-order valence-corrected chi connectivity index (χ1v) is 12.0. The molecule has 0 unspecified atom stereocenters. The maximum atomic E-state index is 14.9. The van der Waals surface area contributed by atoms with Gasteiger partial charge in [0.15, 0.2) is 5.65 Å². The van der Waals surface area contributed by atoms with Crippen LogP contribution in [0.5, 0.6) is 5.75 Å². The summed E-state index contributed by atoms with van der Waals surface area (Å²) in [5.74, 6) is -0.0936. The van der Waals surface area contributed by atoms with Gasteiger partial charge in [-0.3, -0.25) is 9.36 Å². The zero-order chi connectivity index (χ0) is 25.0. The van der Waals surface area contributed by atoms with Gasteiger partial charge in [0.05, 0.1) is 16.5 Å². The molecular formula is C26H19FN6O2S. The molecule has 0 saturated carbocycles. The number of hydrogen-bond acceptors (Lipinski definition) is 7. The number of phenolic OH excluding ortho intramolecular Hbond substituents is 1. The van der Waals surface area contributed by atoms with Gasteiger partial charge in [-0.05, 0) is 60.3 Å². The molecule has 0 atom stereocenters. The molecule has 0 spiro atoms. The molecule has 6 rings (SSSR count).